The average molecular weight is 330 g/mol. The first kappa shape index (κ1) is 16.9. The van der Waals surface area contributed by atoms with Crippen LogP contribution >= 0.6 is 0 Å². The predicted octanol–water partition coefficient (Wildman–Crippen LogP) is 0.197. The number of nitrogens with one attached hydrogen (secondary N) is 1. The topological polar surface area (TPSA) is 93.5 Å². The summed E-state index contributed by atoms with van der Waals surface area (Å²) in [6.45, 7) is 4.55. The minimum Gasteiger partial charge on any atom is -0.337 e. The van der Waals surface area contributed by atoms with Gasteiger partial charge in [-0.15, -0.1) is 0 Å². The van der Waals surface area contributed by atoms with E-state index in [1.54, 1.807) is 25.5 Å². The Bertz CT molecular complexity index is 613. The standard InChI is InChI=1S/C13H22N4O4S/c1-4-21-15-13(18)11-5-7-17(8-6-11)22(19,20)12-9-16(3)10(2)14-12/h9,11H,4-8H2,1-3H3,(H,15,18). The first-order valence-electron chi connectivity index (χ1n) is 7.28. The van der Waals surface area contributed by atoms with Gasteiger partial charge in [-0.3, -0.25) is 9.63 Å². The summed E-state index contributed by atoms with van der Waals surface area (Å²) in [7, 11) is -1.84. The van der Waals surface area contributed by atoms with Crippen molar-refractivity contribution in [3.05, 3.63) is 12.0 Å². The highest BCUT2D eigenvalue weighted by molar-refractivity contribution is 7.89. The van der Waals surface area contributed by atoms with Crippen LogP contribution in [0.15, 0.2) is 11.2 Å². The first-order valence-corrected chi connectivity index (χ1v) is 8.72. The molecule has 1 N–H and O–H groups in total. The molecular weight excluding hydrogens is 308 g/mol. The van der Waals surface area contributed by atoms with Crippen molar-refractivity contribution in [2.45, 2.75) is 31.7 Å². The smallest absolute Gasteiger partial charge is 0.262 e. The van der Waals surface area contributed by atoms with Crippen LogP contribution in [0.5, 0.6) is 0 Å². The van der Waals surface area contributed by atoms with Crippen LogP contribution < -0.4 is 5.48 Å². The maximum absolute atomic E-state index is 12.5. The van der Waals surface area contributed by atoms with Crippen molar-refractivity contribution in [2.75, 3.05) is 19.7 Å². The minimum atomic E-state index is -3.59. The summed E-state index contributed by atoms with van der Waals surface area (Å²) in [6, 6.07) is 0. The summed E-state index contributed by atoms with van der Waals surface area (Å²) in [6.07, 6.45) is 2.46. The molecular formula is C13H22N4O4S. The molecule has 0 unspecified atom stereocenters. The number of imidazole rings is 1. The van der Waals surface area contributed by atoms with Crippen LogP contribution in [0.3, 0.4) is 0 Å². The van der Waals surface area contributed by atoms with Crippen LogP contribution in [-0.4, -0.2) is 47.9 Å². The second-order valence-corrected chi connectivity index (χ2v) is 7.20. The Hall–Kier alpha value is -1.45. The van der Waals surface area contributed by atoms with Crippen LogP contribution in [0, 0.1) is 12.8 Å². The Morgan fingerprint density at radius 2 is 2.09 bits per heavy atom. The van der Waals surface area contributed by atoms with Crippen molar-refractivity contribution < 1.29 is 18.0 Å². The Labute approximate surface area is 130 Å². The molecule has 2 rings (SSSR count). The molecule has 1 amide bonds. The lowest BCUT2D eigenvalue weighted by atomic mass is 9.98. The fraction of sp³-hybridized carbons (Fsp3) is 0.692. The molecule has 2 heterocycles. The summed E-state index contributed by atoms with van der Waals surface area (Å²) < 4.78 is 28.1. The van der Waals surface area contributed by atoms with Crippen molar-refractivity contribution in [1.29, 1.82) is 0 Å². The van der Waals surface area contributed by atoms with E-state index in [1.165, 1.54) is 10.5 Å². The number of hydrogen-bond donors (Lipinski definition) is 1. The maximum atomic E-state index is 12.5. The van der Waals surface area contributed by atoms with Crippen molar-refractivity contribution >= 4 is 15.9 Å². The molecule has 1 aromatic rings. The molecule has 0 radical (unpaired) electrons. The van der Waals surface area contributed by atoms with Gasteiger partial charge in [-0.2, -0.15) is 4.31 Å². The second-order valence-electron chi connectivity index (χ2n) is 5.31. The summed E-state index contributed by atoms with van der Waals surface area (Å²) in [5.41, 5.74) is 2.38. The fourth-order valence-corrected chi connectivity index (χ4v) is 3.86. The van der Waals surface area contributed by atoms with Gasteiger partial charge in [-0.1, -0.05) is 0 Å². The molecule has 1 fully saturated rings. The Morgan fingerprint density at radius 3 is 2.59 bits per heavy atom. The summed E-state index contributed by atoms with van der Waals surface area (Å²) in [5, 5.41) is 0.0599. The van der Waals surface area contributed by atoms with E-state index in [1.807, 2.05) is 0 Å². The molecule has 9 heteroatoms. The maximum Gasteiger partial charge on any atom is 0.262 e. The number of sulfonamides is 1. The van der Waals surface area contributed by atoms with Gasteiger partial charge >= 0.3 is 0 Å². The van der Waals surface area contributed by atoms with Gasteiger partial charge in [0.15, 0.2) is 5.03 Å². The van der Waals surface area contributed by atoms with E-state index in [2.05, 4.69) is 10.5 Å². The van der Waals surface area contributed by atoms with Crippen LogP contribution in [-0.2, 0) is 26.7 Å². The molecule has 8 nitrogen and oxygen atoms in total. The summed E-state index contributed by atoms with van der Waals surface area (Å²) in [4.78, 5) is 20.8. The lowest BCUT2D eigenvalue weighted by Gasteiger charge is -2.29. The molecule has 0 saturated carbocycles. The van der Waals surface area contributed by atoms with Gasteiger partial charge in [-0.05, 0) is 26.7 Å². The number of amides is 1. The normalized spacial score (nSPS) is 17.6. The van der Waals surface area contributed by atoms with Crippen molar-refractivity contribution in [1.82, 2.24) is 19.3 Å². The molecule has 1 aromatic heterocycles. The molecule has 1 aliphatic heterocycles. The van der Waals surface area contributed by atoms with Crippen molar-refractivity contribution in [2.24, 2.45) is 13.0 Å². The van der Waals surface area contributed by atoms with Crippen molar-refractivity contribution in [3.8, 4) is 0 Å². The largest absolute Gasteiger partial charge is 0.337 e. The number of carbonyl (C=O) groups is 1. The zero-order valence-electron chi connectivity index (χ0n) is 13.1. The van der Waals surface area contributed by atoms with E-state index in [0.29, 0.717) is 38.4 Å². The third kappa shape index (κ3) is 3.47. The minimum absolute atomic E-state index is 0.0599. The average Bonchev–Trinajstić information content (AvgIpc) is 2.85. The quantitative estimate of drug-likeness (QED) is 0.778. The number of aromatic nitrogens is 2. The monoisotopic (exact) mass is 330 g/mol. The lowest BCUT2D eigenvalue weighted by molar-refractivity contribution is -0.138. The predicted molar refractivity (Wildman–Crippen MR) is 79.2 cm³/mol. The van der Waals surface area contributed by atoms with E-state index in [-0.39, 0.29) is 16.9 Å². The highest BCUT2D eigenvalue weighted by Crippen LogP contribution is 2.23. The van der Waals surface area contributed by atoms with Gasteiger partial charge < -0.3 is 4.57 Å². The van der Waals surface area contributed by atoms with E-state index in [4.69, 9.17) is 4.84 Å². The molecule has 124 valence electrons. The molecule has 1 saturated heterocycles. The Balaban J connectivity index is 2.00. The second kappa shape index (κ2) is 6.76. The van der Waals surface area contributed by atoms with Gasteiger partial charge in [0.05, 0.1) is 6.61 Å². The third-order valence-corrected chi connectivity index (χ3v) is 5.60. The van der Waals surface area contributed by atoms with Crippen LogP contribution in [0.25, 0.3) is 0 Å². The number of aryl methyl sites for hydroxylation is 2. The van der Waals surface area contributed by atoms with Gasteiger partial charge in [0.1, 0.15) is 5.82 Å². The highest BCUT2D eigenvalue weighted by Gasteiger charge is 2.33. The molecule has 0 aromatic carbocycles. The highest BCUT2D eigenvalue weighted by atomic mass is 32.2. The van der Waals surface area contributed by atoms with Crippen LogP contribution in [0.1, 0.15) is 25.6 Å². The summed E-state index contributed by atoms with van der Waals surface area (Å²) in [5.74, 6) is 0.237. The Morgan fingerprint density at radius 1 is 1.45 bits per heavy atom. The number of rotatable bonds is 5. The van der Waals surface area contributed by atoms with Gasteiger partial charge in [-0.25, -0.2) is 18.9 Å². The van der Waals surface area contributed by atoms with E-state index in [9.17, 15) is 13.2 Å². The molecule has 0 spiro atoms. The van der Waals surface area contributed by atoms with Crippen LogP contribution in [0.2, 0.25) is 0 Å². The number of nitrogens with zero attached hydrogens (tertiary/aromatic N) is 3. The van der Waals surface area contributed by atoms with Crippen LogP contribution in [0.4, 0.5) is 0 Å². The van der Waals surface area contributed by atoms with E-state index >= 15 is 0 Å². The number of hydroxylamine groups is 1. The van der Waals surface area contributed by atoms with E-state index in [0.717, 1.165) is 0 Å². The number of hydrogen-bond acceptors (Lipinski definition) is 5. The van der Waals surface area contributed by atoms with Gasteiger partial charge in [0.2, 0.25) is 5.91 Å². The third-order valence-electron chi connectivity index (χ3n) is 3.83. The zero-order valence-corrected chi connectivity index (χ0v) is 13.9. The number of piperidine rings is 1. The first-order chi connectivity index (χ1) is 10.4. The molecule has 0 bridgehead atoms. The fourth-order valence-electron chi connectivity index (χ4n) is 2.37. The number of carbonyl (C=O) groups excluding carboxylic acids is 1. The zero-order chi connectivity index (χ0) is 16.3. The van der Waals surface area contributed by atoms with Gasteiger partial charge in [0, 0.05) is 32.3 Å². The SMILES string of the molecule is CCONC(=O)C1CCN(S(=O)(=O)c2cn(C)c(C)n2)CC1. The van der Waals surface area contributed by atoms with Gasteiger partial charge in [0.25, 0.3) is 10.0 Å². The summed E-state index contributed by atoms with van der Waals surface area (Å²) >= 11 is 0. The lowest BCUT2D eigenvalue weighted by Crippen LogP contribution is -2.43. The molecule has 0 aliphatic carbocycles. The molecule has 22 heavy (non-hydrogen) atoms. The molecule has 0 atom stereocenters. The van der Waals surface area contributed by atoms with E-state index < -0.39 is 10.0 Å². The van der Waals surface area contributed by atoms with Crippen molar-refractivity contribution in [3.63, 3.8) is 0 Å². The Kier molecular flexibility index (Phi) is 5.20. The molecule has 1 aliphatic rings.